The molecule has 0 radical (unpaired) electrons. The van der Waals surface area contributed by atoms with Crippen LogP contribution in [-0.4, -0.2) is 70.3 Å². The molecule has 1 saturated heterocycles. The van der Waals surface area contributed by atoms with E-state index in [2.05, 4.69) is 20.8 Å². The van der Waals surface area contributed by atoms with Crippen molar-refractivity contribution in [3.8, 4) is 0 Å². The van der Waals surface area contributed by atoms with E-state index in [9.17, 15) is 19.2 Å². The molecule has 1 aliphatic heterocycles. The average Bonchev–Trinajstić information content (AvgIpc) is 3.30. The Hall–Kier alpha value is -2.66. The molecular formula is C24H31Cl3N6O4. The highest BCUT2D eigenvalue weighted by atomic mass is 35.5. The number of aromatic nitrogens is 2. The van der Waals surface area contributed by atoms with Gasteiger partial charge >= 0.3 is 0 Å². The minimum Gasteiger partial charge on any atom is -0.348 e. The zero-order valence-electron chi connectivity index (χ0n) is 20.6. The summed E-state index contributed by atoms with van der Waals surface area (Å²) >= 11 is 12.3. The minimum atomic E-state index is -0.664. The van der Waals surface area contributed by atoms with Crippen LogP contribution < -0.4 is 16.4 Å². The lowest BCUT2D eigenvalue weighted by molar-refractivity contribution is -0.134. The van der Waals surface area contributed by atoms with Crippen molar-refractivity contribution in [3.63, 3.8) is 0 Å². The van der Waals surface area contributed by atoms with Crippen LogP contribution in [0.2, 0.25) is 10.0 Å². The van der Waals surface area contributed by atoms with Crippen LogP contribution in [0.15, 0.2) is 24.4 Å². The lowest BCUT2D eigenvalue weighted by Crippen LogP contribution is -2.51. The summed E-state index contributed by atoms with van der Waals surface area (Å²) in [4.78, 5) is 51.7. The van der Waals surface area contributed by atoms with Crippen LogP contribution in [0.3, 0.4) is 0 Å². The first-order valence-corrected chi connectivity index (χ1v) is 12.5. The fraction of sp³-hybridized carbons (Fsp3) is 0.458. The number of nitrogens with two attached hydrogens (primary N) is 1. The number of carbonyl (C=O) groups excluding carboxylic acids is 4. The van der Waals surface area contributed by atoms with Crippen molar-refractivity contribution < 1.29 is 19.2 Å². The molecule has 0 aliphatic carbocycles. The van der Waals surface area contributed by atoms with Crippen LogP contribution in [0.25, 0.3) is 0 Å². The van der Waals surface area contributed by atoms with E-state index in [1.807, 2.05) is 13.8 Å². The quantitative estimate of drug-likeness (QED) is 0.338. The van der Waals surface area contributed by atoms with Crippen LogP contribution in [0.4, 0.5) is 0 Å². The lowest BCUT2D eigenvalue weighted by atomic mass is 10.0. The van der Waals surface area contributed by atoms with Gasteiger partial charge in [-0.25, -0.2) is 0 Å². The highest BCUT2D eigenvalue weighted by Crippen LogP contribution is 2.26. The summed E-state index contributed by atoms with van der Waals surface area (Å²) in [5.41, 5.74) is 6.61. The summed E-state index contributed by atoms with van der Waals surface area (Å²) in [7, 11) is 0. The molecule has 13 heteroatoms. The summed E-state index contributed by atoms with van der Waals surface area (Å²) in [6, 6.07) is 3.98. The van der Waals surface area contributed by atoms with E-state index in [1.165, 1.54) is 6.20 Å². The van der Waals surface area contributed by atoms with Gasteiger partial charge in [0.25, 0.3) is 5.91 Å². The second kappa shape index (κ2) is 13.8. The molecule has 37 heavy (non-hydrogen) atoms. The molecule has 1 aromatic carbocycles. The Morgan fingerprint density at radius 3 is 2.38 bits per heavy atom. The summed E-state index contributed by atoms with van der Waals surface area (Å²) in [5, 5.41) is 12.6. The average molecular weight is 574 g/mol. The van der Waals surface area contributed by atoms with E-state index >= 15 is 0 Å². The van der Waals surface area contributed by atoms with Gasteiger partial charge in [-0.3, -0.25) is 24.3 Å². The molecule has 1 fully saturated rings. The molecule has 1 aliphatic rings. The van der Waals surface area contributed by atoms with Crippen LogP contribution in [0.5, 0.6) is 0 Å². The smallest absolute Gasteiger partial charge is 0.269 e. The summed E-state index contributed by atoms with van der Waals surface area (Å²) in [5.74, 6) is -1.29. The topological polar surface area (TPSA) is 150 Å². The van der Waals surface area contributed by atoms with Crippen LogP contribution in [-0.2, 0) is 16.0 Å². The van der Waals surface area contributed by atoms with E-state index in [-0.39, 0.29) is 82.1 Å². The minimum absolute atomic E-state index is 0. The van der Waals surface area contributed by atoms with Gasteiger partial charge in [-0.15, -0.1) is 12.4 Å². The lowest BCUT2D eigenvalue weighted by Gasteiger charge is -2.32. The number of likely N-dealkylation sites (tertiary alicyclic amines) is 1. The first-order valence-electron chi connectivity index (χ1n) is 11.7. The fourth-order valence-electron chi connectivity index (χ4n) is 3.89. The van der Waals surface area contributed by atoms with E-state index in [1.54, 1.807) is 23.1 Å². The van der Waals surface area contributed by atoms with E-state index in [0.717, 1.165) is 0 Å². The van der Waals surface area contributed by atoms with Crippen molar-refractivity contribution in [2.75, 3.05) is 19.6 Å². The van der Waals surface area contributed by atoms with Crippen molar-refractivity contribution in [1.82, 2.24) is 25.7 Å². The Kier molecular flexibility index (Phi) is 11.4. The van der Waals surface area contributed by atoms with Crippen molar-refractivity contribution in [2.45, 2.75) is 45.2 Å². The molecule has 3 amide bonds. The van der Waals surface area contributed by atoms with Crippen molar-refractivity contribution >= 4 is 59.1 Å². The van der Waals surface area contributed by atoms with Crippen molar-refractivity contribution in [1.29, 1.82) is 0 Å². The fourth-order valence-corrected chi connectivity index (χ4v) is 4.50. The van der Waals surface area contributed by atoms with E-state index in [4.69, 9.17) is 28.9 Å². The predicted molar refractivity (Wildman–Crippen MR) is 143 cm³/mol. The Labute approximate surface area is 231 Å². The molecule has 2 heterocycles. The molecule has 0 saturated carbocycles. The van der Waals surface area contributed by atoms with Gasteiger partial charge in [0, 0.05) is 31.1 Å². The number of halogens is 3. The molecule has 0 unspecified atom stereocenters. The normalized spacial score (nSPS) is 14.6. The first kappa shape index (κ1) is 30.6. The monoisotopic (exact) mass is 572 g/mol. The molecule has 3 rings (SSSR count). The molecular weight excluding hydrogens is 543 g/mol. The third-order valence-corrected chi connectivity index (χ3v) is 6.79. The van der Waals surface area contributed by atoms with Gasteiger partial charge in [0.1, 0.15) is 5.69 Å². The summed E-state index contributed by atoms with van der Waals surface area (Å²) in [6.45, 7) is 4.44. The molecule has 5 N–H and O–H groups in total. The molecule has 202 valence electrons. The molecule has 1 aromatic heterocycles. The van der Waals surface area contributed by atoms with Gasteiger partial charge in [0.15, 0.2) is 5.78 Å². The number of rotatable bonds is 9. The van der Waals surface area contributed by atoms with Crippen molar-refractivity contribution in [2.24, 2.45) is 11.7 Å². The second-order valence-electron chi connectivity index (χ2n) is 9.08. The van der Waals surface area contributed by atoms with Crippen LogP contribution in [0, 0.1) is 5.92 Å². The number of H-pyrrole nitrogens is 1. The number of hydrogen-bond acceptors (Lipinski definition) is 6. The maximum atomic E-state index is 12.9. The third kappa shape index (κ3) is 7.91. The Morgan fingerprint density at radius 1 is 1.16 bits per heavy atom. The van der Waals surface area contributed by atoms with Crippen molar-refractivity contribution in [3.05, 3.63) is 51.3 Å². The predicted octanol–water partition coefficient (Wildman–Crippen LogP) is 2.38. The number of aromatic amines is 1. The molecule has 2 aromatic rings. The number of nitrogens with zero attached hydrogens (tertiary/aromatic N) is 2. The Morgan fingerprint density at radius 2 is 1.78 bits per heavy atom. The van der Waals surface area contributed by atoms with Gasteiger partial charge in [0.05, 0.1) is 34.4 Å². The number of Topliss-reactive ketones (excluding diaryl/α,β-unsaturated/α-hetero) is 1. The Bertz CT molecular complexity index is 1110. The summed E-state index contributed by atoms with van der Waals surface area (Å²) < 4.78 is 0. The Balaban J connectivity index is 0.00000481. The first-order chi connectivity index (χ1) is 17.1. The highest BCUT2D eigenvalue weighted by Gasteiger charge is 2.27. The number of hydrogen-bond donors (Lipinski definition) is 4. The van der Waals surface area contributed by atoms with E-state index in [0.29, 0.717) is 31.5 Å². The van der Waals surface area contributed by atoms with Gasteiger partial charge in [-0.2, -0.15) is 5.10 Å². The maximum absolute atomic E-state index is 12.9. The zero-order valence-corrected chi connectivity index (χ0v) is 22.9. The van der Waals surface area contributed by atoms with Gasteiger partial charge < -0.3 is 21.3 Å². The maximum Gasteiger partial charge on any atom is 0.269 e. The number of ketones is 1. The number of amides is 3. The molecule has 1 atom stereocenters. The van der Waals surface area contributed by atoms with E-state index < -0.39 is 6.04 Å². The number of carbonyl (C=O) groups is 4. The molecule has 10 nitrogen and oxygen atoms in total. The number of piperidine rings is 1. The summed E-state index contributed by atoms with van der Waals surface area (Å²) in [6.07, 6.45) is 2.43. The number of nitrogens with one attached hydrogen (secondary N) is 3. The van der Waals surface area contributed by atoms with Crippen LogP contribution in [0.1, 0.15) is 53.1 Å². The molecule has 0 bridgehead atoms. The SMILES string of the molecule is CC(C)[C@H](N)C(=O)NCC(=O)N1CCC(NC(=O)c2[nH]ncc2CC(=O)c2c(Cl)cccc2Cl)CC1.Cl. The van der Waals surface area contributed by atoms with Gasteiger partial charge in [0.2, 0.25) is 11.8 Å². The highest BCUT2D eigenvalue weighted by molar-refractivity contribution is 6.39. The van der Waals surface area contributed by atoms with Crippen LogP contribution >= 0.6 is 35.6 Å². The number of benzene rings is 1. The zero-order chi connectivity index (χ0) is 26.4. The van der Waals surface area contributed by atoms with Gasteiger partial charge in [-0.05, 0) is 30.9 Å². The largest absolute Gasteiger partial charge is 0.348 e. The standard InChI is InChI=1S/C24H30Cl2N6O4.ClH/c1-13(2)21(27)23(35)28-12-19(34)32-8-6-15(7-9-32)30-24(36)22-14(11-29-31-22)10-18(33)20-16(25)4-3-5-17(20)26;/h3-5,11,13,15,21H,6-10,12,27H2,1-2H3,(H,28,35)(H,29,31)(H,30,36);1H/t21-;/m0./s1. The van der Waals surface area contributed by atoms with Gasteiger partial charge in [-0.1, -0.05) is 43.1 Å². The second-order valence-corrected chi connectivity index (χ2v) is 9.90. The third-order valence-electron chi connectivity index (χ3n) is 6.16. The molecule has 0 spiro atoms.